The van der Waals surface area contributed by atoms with Crippen LogP contribution in [-0.2, 0) is 0 Å². The van der Waals surface area contributed by atoms with Gasteiger partial charge in [0.1, 0.15) is 0 Å². The van der Waals surface area contributed by atoms with E-state index in [0.717, 1.165) is 19.0 Å². The summed E-state index contributed by atoms with van der Waals surface area (Å²) in [6.45, 7) is 15.9. The molecule has 1 saturated carbocycles. The van der Waals surface area contributed by atoms with Gasteiger partial charge in [-0.05, 0) is 44.6 Å². The molecule has 0 amide bonds. The van der Waals surface area contributed by atoms with Gasteiger partial charge in [-0.1, -0.05) is 26.7 Å². The van der Waals surface area contributed by atoms with Crippen molar-refractivity contribution in [2.45, 2.75) is 58.9 Å². The SMILES string of the molecule is CCNC(=NCC(C(C)C)N1CCN(C)CC1)N1CCC2(CCCC2)C1. The van der Waals surface area contributed by atoms with Crippen LogP contribution >= 0.6 is 0 Å². The first kappa shape index (κ1) is 19.9. The Morgan fingerprint density at radius 2 is 1.73 bits per heavy atom. The van der Waals surface area contributed by atoms with Gasteiger partial charge in [-0.3, -0.25) is 9.89 Å². The third-order valence-electron chi connectivity index (χ3n) is 6.94. The molecule has 5 nitrogen and oxygen atoms in total. The molecule has 0 bridgehead atoms. The Kier molecular flexibility index (Phi) is 6.84. The average Bonchev–Trinajstić information content (AvgIpc) is 3.25. The molecule has 0 aromatic heterocycles. The van der Waals surface area contributed by atoms with Gasteiger partial charge in [0.2, 0.25) is 0 Å². The topological polar surface area (TPSA) is 34.1 Å². The molecule has 2 heterocycles. The van der Waals surface area contributed by atoms with Gasteiger partial charge in [-0.2, -0.15) is 0 Å². The molecule has 1 unspecified atom stereocenters. The molecule has 26 heavy (non-hydrogen) atoms. The van der Waals surface area contributed by atoms with E-state index in [2.05, 4.69) is 47.8 Å². The van der Waals surface area contributed by atoms with Crippen molar-refractivity contribution < 1.29 is 0 Å². The molecule has 3 rings (SSSR count). The first-order chi connectivity index (χ1) is 12.5. The first-order valence-electron chi connectivity index (χ1n) is 11.0. The molecule has 2 aliphatic heterocycles. The van der Waals surface area contributed by atoms with Gasteiger partial charge >= 0.3 is 0 Å². The Morgan fingerprint density at radius 3 is 2.35 bits per heavy atom. The van der Waals surface area contributed by atoms with Gasteiger partial charge in [0.25, 0.3) is 0 Å². The quantitative estimate of drug-likeness (QED) is 0.601. The lowest BCUT2D eigenvalue weighted by molar-refractivity contribution is 0.0924. The molecule has 5 heteroatoms. The summed E-state index contributed by atoms with van der Waals surface area (Å²) in [4.78, 5) is 12.8. The molecule has 0 aromatic rings. The summed E-state index contributed by atoms with van der Waals surface area (Å²) in [6.07, 6.45) is 7.09. The van der Waals surface area contributed by atoms with Crippen LogP contribution in [0.25, 0.3) is 0 Å². The third kappa shape index (κ3) is 4.72. The maximum absolute atomic E-state index is 5.14. The summed E-state index contributed by atoms with van der Waals surface area (Å²) in [5, 5.41) is 3.58. The fourth-order valence-corrected chi connectivity index (χ4v) is 5.16. The van der Waals surface area contributed by atoms with Gasteiger partial charge in [0.05, 0.1) is 6.54 Å². The number of piperazine rings is 1. The molecule has 1 spiro atoms. The zero-order valence-corrected chi connectivity index (χ0v) is 17.6. The molecule has 1 N–H and O–H groups in total. The van der Waals surface area contributed by atoms with Crippen LogP contribution in [0.1, 0.15) is 52.9 Å². The van der Waals surface area contributed by atoms with E-state index in [4.69, 9.17) is 4.99 Å². The van der Waals surface area contributed by atoms with E-state index in [0.29, 0.717) is 17.4 Å². The van der Waals surface area contributed by atoms with E-state index in [1.165, 1.54) is 71.4 Å². The second-order valence-corrected chi connectivity index (χ2v) is 9.22. The number of rotatable bonds is 5. The van der Waals surface area contributed by atoms with Gasteiger partial charge in [0, 0.05) is 51.9 Å². The minimum Gasteiger partial charge on any atom is -0.357 e. The Labute approximate surface area is 161 Å². The van der Waals surface area contributed by atoms with Crippen LogP contribution < -0.4 is 5.32 Å². The number of likely N-dealkylation sites (tertiary alicyclic amines) is 1. The average molecular weight is 364 g/mol. The highest BCUT2D eigenvalue weighted by Gasteiger charge is 2.41. The van der Waals surface area contributed by atoms with Crippen molar-refractivity contribution in [3.63, 3.8) is 0 Å². The van der Waals surface area contributed by atoms with Crippen LogP contribution in [-0.4, -0.2) is 86.1 Å². The van der Waals surface area contributed by atoms with E-state index < -0.39 is 0 Å². The molecule has 3 aliphatic rings. The summed E-state index contributed by atoms with van der Waals surface area (Å²) in [5.74, 6) is 1.81. The summed E-state index contributed by atoms with van der Waals surface area (Å²) >= 11 is 0. The largest absolute Gasteiger partial charge is 0.357 e. The smallest absolute Gasteiger partial charge is 0.193 e. The highest BCUT2D eigenvalue weighted by Crippen LogP contribution is 2.45. The van der Waals surface area contributed by atoms with Gasteiger partial charge in [-0.25, -0.2) is 0 Å². The van der Waals surface area contributed by atoms with Crippen LogP contribution in [0.15, 0.2) is 4.99 Å². The van der Waals surface area contributed by atoms with E-state index in [-0.39, 0.29) is 0 Å². The van der Waals surface area contributed by atoms with E-state index >= 15 is 0 Å². The second kappa shape index (κ2) is 8.92. The Hall–Kier alpha value is -0.810. The lowest BCUT2D eigenvalue weighted by atomic mass is 9.86. The van der Waals surface area contributed by atoms with Crippen molar-refractivity contribution in [2.75, 3.05) is 59.4 Å². The second-order valence-electron chi connectivity index (χ2n) is 9.22. The van der Waals surface area contributed by atoms with Crippen molar-refractivity contribution in [1.29, 1.82) is 0 Å². The summed E-state index contributed by atoms with van der Waals surface area (Å²) in [5.41, 5.74) is 0.602. The molecule has 0 aromatic carbocycles. The number of hydrogen-bond donors (Lipinski definition) is 1. The van der Waals surface area contributed by atoms with Crippen molar-refractivity contribution in [1.82, 2.24) is 20.0 Å². The predicted octanol–water partition coefficient (Wildman–Crippen LogP) is 2.49. The van der Waals surface area contributed by atoms with Crippen molar-refractivity contribution in [3.05, 3.63) is 0 Å². The van der Waals surface area contributed by atoms with E-state index in [1.807, 2.05) is 0 Å². The number of aliphatic imine (C=N–C) groups is 1. The van der Waals surface area contributed by atoms with Crippen molar-refractivity contribution >= 4 is 5.96 Å². The summed E-state index contributed by atoms with van der Waals surface area (Å²) < 4.78 is 0. The molecule has 0 radical (unpaired) electrons. The molecule has 1 aliphatic carbocycles. The van der Waals surface area contributed by atoms with Crippen molar-refractivity contribution in [3.8, 4) is 0 Å². The highest BCUT2D eigenvalue weighted by atomic mass is 15.3. The predicted molar refractivity (Wildman–Crippen MR) is 111 cm³/mol. The monoisotopic (exact) mass is 363 g/mol. The van der Waals surface area contributed by atoms with Crippen LogP contribution in [0, 0.1) is 11.3 Å². The first-order valence-corrected chi connectivity index (χ1v) is 11.0. The van der Waals surface area contributed by atoms with Crippen LogP contribution in [0.3, 0.4) is 0 Å². The number of guanidine groups is 1. The Bertz CT molecular complexity index is 461. The summed E-state index contributed by atoms with van der Waals surface area (Å²) in [7, 11) is 2.23. The zero-order chi connectivity index (χ0) is 18.6. The number of hydrogen-bond acceptors (Lipinski definition) is 3. The van der Waals surface area contributed by atoms with Gasteiger partial charge in [0.15, 0.2) is 5.96 Å². The standard InChI is InChI=1S/C21H41N5/c1-5-22-20(26-11-10-21(17-26)8-6-7-9-21)23-16-19(18(2)3)25-14-12-24(4)13-15-25/h18-19H,5-17H2,1-4H3,(H,22,23). The molecule has 150 valence electrons. The number of nitrogens with one attached hydrogen (secondary N) is 1. The minimum absolute atomic E-state index is 0.556. The Morgan fingerprint density at radius 1 is 1.04 bits per heavy atom. The van der Waals surface area contributed by atoms with Crippen LogP contribution in [0.5, 0.6) is 0 Å². The maximum atomic E-state index is 5.14. The minimum atomic E-state index is 0.556. The van der Waals surface area contributed by atoms with E-state index in [1.54, 1.807) is 0 Å². The van der Waals surface area contributed by atoms with E-state index in [9.17, 15) is 0 Å². The number of nitrogens with zero attached hydrogens (tertiary/aromatic N) is 4. The van der Waals surface area contributed by atoms with Gasteiger partial charge < -0.3 is 15.1 Å². The summed E-state index contributed by atoms with van der Waals surface area (Å²) in [6, 6.07) is 0.556. The lowest BCUT2D eigenvalue weighted by Gasteiger charge is -2.39. The Balaban J connectivity index is 1.63. The lowest BCUT2D eigenvalue weighted by Crippen LogP contribution is -2.52. The number of likely N-dealkylation sites (N-methyl/N-ethyl adjacent to an activating group) is 1. The third-order valence-corrected chi connectivity index (χ3v) is 6.94. The molecule has 2 saturated heterocycles. The molecule has 3 fully saturated rings. The molecular formula is C21H41N5. The highest BCUT2D eigenvalue weighted by molar-refractivity contribution is 5.80. The fraction of sp³-hybridized carbons (Fsp3) is 0.952. The van der Waals surface area contributed by atoms with Crippen LogP contribution in [0.4, 0.5) is 0 Å². The van der Waals surface area contributed by atoms with Gasteiger partial charge in [-0.15, -0.1) is 0 Å². The van der Waals surface area contributed by atoms with Crippen LogP contribution in [0.2, 0.25) is 0 Å². The fourth-order valence-electron chi connectivity index (χ4n) is 5.16. The molecule has 1 atom stereocenters. The molecular weight excluding hydrogens is 322 g/mol. The maximum Gasteiger partial charge on any atom is 0.193 e. The zero-order valence-electron chi connectivity index (χ0n) is 17.6. The normalized spacial score (nSPS) is 26.2. The van der Waals surface area contributed by atoms with Crippen molar-refractivity contribution in [2.24, 2.45) is 16.3 Å².